The van der Waals surface area contributed by atoms with Crippen LogP contribution in [0.5, 0.6) is 0 Å². The van der Waals surface area contributed by atoms with E-state index in [0.717, 1.165) is 0 Å². The molecule has 0 aromatic rings. The van der Waals surface area contributed by atoms with Crippen LogP contribution in [0.2, 0.25) is 0 Å². The molecule has 0 rings (SSSR count). The molecule has 4 heavy (non-hydrogen) atoms. The topological polar surface area (TPSA) is 0 Å². The van der Waals surface area contributed by atoms with Gasteiger partial charge in [0.25, 0.3) is 0 Å². The van der Waals surface area contributed by atoms with E-state index in [-0.39, 0.29) is 0 Å². The molecule has 0 atom stereocenters. The summed E-state index contributed by atoms with van der Waals surface area (Å²) in [5.41, 5.74) is 0. The maximum absolute atomic E-state index is 2.41. The van der Waals surface area contributed by atoms with E-state index >= 15 is 0 Å². The van der Waals surface area contributed by atoms with Crippen LogP contribution >= 0.6 is 0 Å². The van der Waals surface area contributed by atoms with Crippen molar-refractivity contribution >= 4 is 4.73 Å². The molecule has 0 aliphatic carbocycles. The fraction of sp³-hybridized carbons (Fsp3) is 0.667. The molecular formula is C3H6V. The zero-order valence-corrected chi connectivity index (χ0v) is 4.13. The first kappa shape index (κ1) is 4.45. The number of rotatable bonds is 1. The summed E-state index contributed by atoms with van der Waals surface area (Å²) < 4.78 is 2.06. The molecule has 0 unspecified atom stereocenters. The van der Waals surface area contributed by atoms with E-state index in [0.29, 0.717) is 0 Å². The van der Waals surface area contributed by atoms with Gasteiger partial charge in [-0.15, -0.1) is 0 Å². The van der Waals surface area contributed by atoms with Crippen molar-refractivity contribution in [3.8, 4) is 0 Å². The number of hydrogen-bond donors (Lipinski definition) is 0. The van der Waals surface area contributed by atoms with Crippen LogP contribution < -0.4 is 0 Å². The van der Waals surface area contributed by atoms with Gasteiger partial charge in [0.2, 0.25) is 0 Å². The molecule has 0 saturated carbocycles. The van der Waals surface area contributed by atoms with Gasteiger partial charge in [-0.1, -0.05) is 0 Å². The normalized spacial score (nSPS) is 6.00. The second-order valence-electron chi connectivity index (χ2n) is 0.591. The minimum absolute atomic E-state index is 1.17. The first-order chi connectivity index (χ1) is 1.91. The second-order valence-corrected chi connectivity index (χ2v) is 1.16. The van der Waals surface area contributed by atoms with Gasteiger partial charge in [-0.2, -0.15) is 0 Å². The minimum atomic E-state index is 1.17. The monoisotopic (exact) mass is 93.0 g/mol. The van der Waals surface area contributed by atoms with Crippen molar-refractivity contribution in [2.24, 2.45) is 0 Å². The standard InChI is InChI=1S/C3H6.V/c1-3-2;/h1H,3H2,2H3;. The third-order valence-corrected chi connectivity index (χ3v) is 0.753. The molecule has 0 saturated heterocycles. The molecule has 0 aliphatic heterocycles. The van der Waals surface area contributed by atoms with E-state index in [1.54, 1.807) is 0 Å². The van der Waals surface area contributed by atoms with Crippen molar-refractivity contribution in [3.63, 3.8) is 0 Å². The van der Waals surface area contributed by atoms with Crippen LogP contribution in [0.15, 0.2) is 0 Å². The summed E-state index contributed by atoms with van der Waals surface area (Å²) in [5.74, 6) is 0. The summed E-state index contributed by atoms with van der Waals surface area (Å²) in [7, 11) is 0. The van der Waals surface area contributed by atoms with Crippen LogP contribution in [-0.2, 0) is 17.0 Å². The van der Waals surface area contributed by atoms with Crippen LogP contribution in [0.25, 0.3) is 0 Å². The Bertz CT molecular complexity index is 17.2. The van der Waals surface area contributed by atoms with Crippen LogP contribution in [-0.4, -0.2) is 4.73 Å². The van der Waals surface area contributed by atoms with Gasteiger partial charge in [-0.3, -0.25) is 0 Å². The van der Waals surface area contributed by atoms with Gasteiger partial charge in [0.15, 0.2) is 0 Å². The van der Waals surface area contributed by atoms with Gasteiger partial charge in [0, 0.05) is 0 Å². The van der Waals surface area contributed by atoms with Crippen LogP contribution in [0.3, 0.4) is 0 Å². The van der Waals surface area contributed by atoms with Crippen molar-refractivity contribution in [1.82, 2.24) is 0 Å². The Balaban J connectivity index is 2.30. The first-order valence-electron chi connectivity index (χ1n) is 1.37. The Morgan fingerprint density at radius 1 is 2.00 bits per heavy atom. The fourth-order valence-corrected chi connectivity index (χ4v) is 0. The molecule has 0 spiro atoms. The average Bonchev–Trinajstić information content (AvgIpc) is 1.37. The first-order valence-corrected chi connectivity index (χ1v) is 2.18. The molecule has 23 valence electrons. The summed E-state index contributed by atoms with van der Waals surface area (Å²) >= 11 is 2.41. The molecule has 0 aromatic carbocycles. The molecule has 0 fully saturated rings. The zero-order chi connectivity index (χ0) is 3.41. The second kappa shape index (κ2) is 3.45. The van der Waals surface area contributed by atoms with E-state index in [9.17, 15) is 0 Å². The SMILES string of the molecule is CC[CH]=[V]. The third-order valence-electron chi connectivity index (χ3n) is 0.183. The van der Waals surface area contributed by atoms with Crippen LogP contribution in [0.1, 0.15) is 13.3 Å². The molecule has 1 heteroatoms. The molecule has 0 aromatic heterocycles. The Kier molecular flexibility index (Phi) is 3.85. The van der Waals surface area contributed by atoms with Gasteiger partial charge in [0.05, 0.1) is 0 Å². The summed E-state index contributed by atoms with van der Waals surface area (Å²) in [6, 6.07) is 0. The molecule has 0 amide bonds. The van der Waals surface area contributed by atoms with Crippen molar-refractivity contribution in [1.29, 1.82) is 0 Å². The molecule has 0 heterocycles. The van der Waals surface area contributed by atoms with Crippen molar-refractivity contribution < 1.29 is 17.0 Å². The van der Waals surface area contributed by atoms with Crippen molar-refractivity contribution in [3.05, 3.63) is 0 Å². The maximum atomic E-state index is 2.41. The summed E-state index contributed by atoms with van der Waals surface area (Å²) in [6.45, 7) is 2.11. The van der Waals surface area contributed by atoms with Crippen molar-refractivity contribution in [2.45, 2.75) is 13.3 Å². The quantitative estimate of drug-likeness (QED) is 0.448. The predicted molar refractivity (Wildman–Crippen MR) is 16.4 cm³/mol. The molecule has 0 aliphatic rings. The summed E-state index contributed by atoms with van der Waals surface area (Å²) in [4.78, 5) is 0. The van der Waals surface area contributed by atoms with E-state index in [1.165, 1.54) is 6.42 Å². The average molecular weight is 93.0 g/mol. The molecular weight excluding hydrogens is 87.0 g/mol. The Morgan fingerprint density at radius 3 is 2.25 bits per heavy atom. The Labute approximate surface area is 35.7 Å². The Morgan fingerprint density at radius 2 is 2.25 bits per heavy atom. The Hall–Kier alpha value is 0.454. The van der Waals surface area contributed by atoms with E-state index in [4.69, 9.17) is 0 Å². The summed E-state index contributed by atoms with van der Waals surface area (Å²) in [6.07, 6.45) is 1.17. The van der Waals surface area contributed by atoms with E-state index in [2.05, 4.69) is 28.6 Å². The third kappa shape index (κ3) is 2.45. The molecule has 0 bridgehead atoms. The molecule has 0 N–H and O–H groups in total. The predicted octanol–water partition coefficient (Wildman–Crippen LogP) is 0.745. The van der Waals surface area contributed by atoms with E-state index in [1.807, 2.05) is 0 Å². The zero-order valence-electron chi connectivity index (χ0n) is 2.73. The van der Waals surface area contributed by atoms with Crippen LogP contribution in [0.4, 0.5) is 0 Å². The van der Waals surface area contributed by atoms with E-state index < -0.39 is 0 Å². The van der Waals surface area contributed by atoms with Crippen molar-refractivity contribution in [2.75, 3.05) is 0 Å². The molecule has 0 radical (unpaired) electrons. The van der Waals surface area contributed by atoms with Gasteiger partial charge in [-0.25, -0.2) is 0 Å². The van der Waals surface area contributed by atoms with Gasteiger partial charge >= 0.3 is 35.1 Å². The van der Waals surface area contributed by atoms with Gasteiger partial charge in [-0.05, 0) is 0 Å². The van der Waals surface area contributed by atoms with Gasteiger partial charge < -0.3 is 0 Å². The fourth-order valence-electron chi connectivity index (χ4n) is 0. The van der Waals surface area contributed by atoms with Crippen LogP contribution in [0, 0.1) is 0 Å². The number of hydrogen-bond acceptors (Lipinski definition) is 0. The molecule has 0 nitrogen and oxygen atoms in total. The summed E-state index contributed by atoms with van der Waals surface area (Å²) in [5, 5.41) is 0. The van der Waals surface area contributed by atoms with Gasteiger partial charge in [0.1, 0.15) is 0 Å².